The van der Waals surface area contributed by atoms with E-state index in [-0.39, 0.29) is 43.1 Å². The summed E-state index contributed by atoms with van der Waals surface area (Å²) in [5.41, 5.74) is 6.16. The molecule has 0 radical (unpaired) electrons. The van der Waals surface area contributed by atoms with Crippen LogP contribution in [0.2, 0.25) is 0 Å². The number of aromatic nitrogens is 1. The minimum Gasteiger partial charge on any atom is -0.341 e. The minimum atomic E-state index is -0.991. The summed E-state index contributed by atoms with van der Waals surface area (Å²) in [6, 6.07) is 3.72. The lowest BCUT2D eigenvalue weighted by Gasteiger charge is -2.41. The fourth-order valence-corrected chi connectivity index (χ4v) is 4.20. The van der Waals surface area contributed by atoms with Gasteiger partial charge in [-0.1, -0.05) is 6.07 Å². The Labute approximate surface area is 181 Å². The van der Waals surface area contributed by atoms with Gasteiger partial charge in [0.25, 0.3) is 0 Å². The van der Waals surface area contributed by atoms with E-state index >= 15 is 0 Å². The minimum absolute atomic E-state index is 0. The fourth-order valence-electron chi connectivity index (χ4n) is 4.20. The molecule has 0 saturated carbocycles. The quantitative estimate of drug-likeness (QED) is 0.786. The molecule has 27 heavy (non-hydrogen) atoms. The van der Waals surface area contributed by atoms with Crippen LogP contribution in [0.1, 0.15) is 38.2 Å². The molecular formula is C19H33Cl3N4O. The second-order valence-corrected chi connectivity index (χ2v) is 7.71. The molecular weight excluding hydrogens is 407 g/mol. The number of likely N-dealkylation sites (tertiary alicyclic amines) is 2. The van der Waals surface area contributed by atoms with Crippen LogP contribution in [0.5, 0.6) is 0 Å². The third kappa shape index (κ3) is 6.20. The topological polar surface area (TPSA) is 62.5 Å². The van der Waals surface area contributed by atoms with E-state index in [1.54, 1.807) is 19.3 Å². The van der Waals surface area contributed by atoms with Crippen LogP contribution in [0.3, 0.4) is 0 Å². The second-order valence-electron chi connectivity index (χ2n) is 7.71. The van der Waals surface area contributed by atoms with E-state index < -0.39 is 5.54 Å². The Balaban J connectivity index is 0.00000225. The van der Waals surface area contributed by atoms with Gasteiger partial charge in [0.1, 0.15) is 5.54 Å². The monoisotopic (exact) mass is 438 g/mol. The molecule has 156 valence electrons. The van der Waals surface area contributed by atoms with E-state index in [2.05, 4.69) is 16.9 Å². The number of piperidine rings is 2. The molecule has 2 aliphatic rings. The summed E-state index contributed by atoms with van der Waals surface area (Å²) in [7, 11) is 2.21. The van der Waals surface area contributed by atoms with Gasteiger partial charge in [0.15, 0.2) is 0 Å². The number of rotatable bonds is 3. The van der Waals surface area contributed by atoms with Crippen molar-refractivity contribution in [3.63, 3.8) is 0 Å². The summed E-state index contributed by atoms with van der Waals surface area (Å²) in [5.74, 6) is 1.63. The standard InChI is InChI=1S/C19H30N4O.3ClH/c1-19(20,17-4-3-9-21-14-17)18(24)23-12-7-16(8-13-23)15-5-10-22(2)11-6-15;;;/h3-4,9,14-16H,5-8,10-13,20H2,1-2H3;3*1H/t19-;;;/m0.../s1. The zero-order valence-corrected chi connectivity index (χ0v) is 18.6. The van der Waals surface area contributed by atoms with Gasteiger partial charge in [-0.3, -0.25) is 9.78 Å². The lowest BCUT2D eigenvalue weighted by atomic mass is 9.78. The summed E-state index contributed by atoms with van der Waals surface area (Å²) in [6.07, 6.45) is 8.24. The van der Waals surface area contributed by atoms with Gasteiger partial charge < -0.3 is 15.5 Å². The van der Waals surface area contributed by atoms with Crippen LogP contribution in [-0.4, -0.2) is 53.9 Å². The number of amides is 1. The van der Waals surface area contributed by atoms with Crippen molar-refractivity contribution < 1.29 is 4.79 Å². The molecule has 2 fully saturated rings. The van der Waals surface area contributed by atoms with Crippen molar-refractivity contribution in [1.29, 1.82) is 0 Å². The van der Waals surface area contributed by atoms with Crippen LogP contribution < -0.4 is 5.73 Å². The molecule has 0 aromatic carbocycles. The number of halogens is 3. The molecule has 1 aromatic heterocycles. The van der Waals surface area contributed by atoms with Gasteiger partial charge >= 0.3 is 0 Å². The van der Waals surface area contributed by atoms with Crippen LogP contribution >= 0.6 is 37.2 Å². The second kappa shape index (κ2) is 11.4. The maximum Gasteiger partial charge on any atom is 0.247 e. The summed E-state index contributed by atoms with van der Waals surface area (Å²) in [4.78, 5) is 21.4. The molecule has 0 spiro atoms. The summed E-state index contributed by atoms with van der Waals surface area (Å²) in [6.45, 7) is 5.90. The van der Waals surface area contributed by atoms with E-state index in [1.807, 2.05) is 17.0 Å². The van der Waals surface area contributed by atoms with Crippen molar-refractivity contribution in [3.05, 3.63) is 30.1 Å². The van der Waals surface area contributed by atoms with Gasteiger partial charge in [-0.25, -0.2) is 0 Å². The first kappa shape index (κ1) is 26.4. The van der Waals surface area contributed by atoms with Crippen molar-refractivity contribution in [2.45, 2.75) is 38.1 Å². The molecule has 2 N–H and O–H groups in total. The Morgan fingerprint density at radius 1 is 1.07 bits per heavy atom. The lowest BCUT2D eigenvalue weighted by Crippen LogP contribution is -2.53. The molecule has 1 aromatic rings. The Bertz CT molecular complexity index is 557. The van der Waals surface area contributed by atoms with Crippen molar-refractivity contribution >= 4 is 43.1 Å². The number of pyridine rings is 1. The van der Waals surface area contributed by atoms with Crippen molar-refractivity contribution in [2.75, 3.05) is 33.2 Å². The van der Waals surface area contributed by atoms with E-state index in [1.165, 1.54) is 25.9 Å². The highest BCUT2D eigenvalue weighted by atomic mass is 35.5. The smallest absolute Gasteiger partial charge is 0.247 e. The molecule has 8 heteroatoms. The number of nitrogens with zero attached hydrogens (tertiary/aromatic N) is 3. The first-order valence-electron chi connectivity index (χ1n) is 9.16. The number of carbonyl (C=O) groups is 1. The number of hydrogen-bond acceptors (Lipinski definition) is 4. The zero-order chi connectivity index (χ0) is 17.2. The van der Waals surface area contributed by atoms with Crippen molar-refractivity contribution in [3.8, 4) is 0 Å². The number of hydrogen-bond donors (Lipinski definition) is 1. The molecule has 0 aliphatic carbocycles. The van der Waals surface area contributed by atoms with Crippen molar-refractivity contribution in [1.82, 2.24) is 14.8 Å². The van der Waals surface area contributed by atoms with Gasteiger partial charge in [-0.15, -0.1) is 37.2 Å². The number of carbonyl (C=O) groups excluding carboxylic acids is 1. The zero-order valence-electron chi connectivity index (χ0n) is 16.2. The molecule has 2 saturated heterocycles. The van der Waals surface area contributed by atoms with Crippen molar-refractivity contribution in [2.24, 2.45) is 17.6 Å². The van der Waals surface area contributed by atoms with Crippen LogP contribution in [0.15, 0.2) is 24.5 Å². The van der Waals surface area contributed by atoms with Gasteiger partial charge in [-0.05, 0) is 76.2 Å². The van der Waals surface area contributed by atoms with Gasteiger partial charge in [0.05, 0.1) is 0 Å². The van der Waals surface area contributed by atoms with Crippen LogP contribution in [-0.2, 0) is 10.3 Å². The summed E-state index contributed by atoms with van der Waals surface area (Å²) in [5, 5.41) is 0. The Kier molecular flexibility index (Phi) is 11.2. The van der Waals surface area contributed by atoms with Crippen LogP contribution in [0.4, 0.5) is 0 Å². The van der Waals surface area contributed by atoms with E-state index in [9.17, 15) is 4.79 Å². The third-order valence-corrected chi connectivity index (χ3v) is 5.96. The fraction of sp³-hybridized carbons (Fsp3) is 0.684. The maximum atomic E-state index is 12.9. The van der Waals surface area contributed by atoms with Gasteiger partial charge in [0.2, 0.25) is 5.91 Å². The van der Waals surface area contributed by atoms with E-state index in [4.69, 9.17) is 5.73 Å². The highest BCUT2D eigenvalue weighted by Gasteiger charge is 2.37. The maximum absolute atomic E-state index is 12.9. The molecule has 2 aliphatic heterocycles. The first-order chi connectivity index (χ1) is 11.5. The third-order valence-electron chi connectivity index (χ3n) is 5.96. The Morgan fingerprint density at radius 2 is 1.59 bits per heavy atom. The molecule has 5 nitrogen and oxygen atoms in total. The molecule has 1 atom stereocenters. The summed E-state index contributed by atoms with van der Waals surface area (Å²) < 4.78 is 0. The van der Waals surface area contributed by atoms with Gasteiger partial charge in [-0.2, -0.15) is 0 Å². The molecule has 0 unspecified atom stereocenters. The van der Waals surface area contributed by atoms with Crippen LogP contribution in [0.25, 0.3) is 0 Å². The summed E-state index contributed by atoms with van der Waals surface area (Å²) >= 11 is 0. The van der Waals surface area contributed by atoms with E-state index in [0.717, 1.165) is 43.3 Å². The van der Waals surface area contributed by atoms with Gasteiger partial charge in [0, 0.05) is 25.5 Å². The molecule has 3 rings (SSSR count). The Morgan fingerprint density at radius 3 is 2.07 bits per heavy atom. The predicted molar refractivity (Wildman–Crippen MR) is 117 cm³/mol. The molecule has 1 amide bonds. The highest BCUT2D eigenvalue weighted by molar-refractivity contribution is 5.87. The SMILES string of the molecule is CN1CCC(C2CCN(C(=O)[C@@](C)(N)c3cccnc3)CC2)CC1.Cl.Cl.Cl. The number of nitrogens with two attached hydrogens (primary N) is 1. The van der Waals surface area contributed by atoms with Crippen LogP contribution in [0, 0.1) is 11.8 Å². The normalized spacial score (nSPS) is 21.2. The molecule has 3 heterocycles. The highest BCUT2D eigenvalue weighted by Crippen LogP contribution is 2.33. The predicted octanol–water partition coefficient (Wildman–Crippen LogP) is 3.10. The van der Waals surface area contributed by atoms with E-state index in [0.29, 0.717) is 0 Å². The largest absolute Gasteiger partial charge is 0.341 e. The first-order valence-corrected chi connectivity index (χ1v) is 9.16. The average Bonchev–Trinajstić information content (AvgIpc) is 2.62. The Hall–Kier alpha value is -0.590. The molecule has 0 bridgehead atoms. The lowest BCUT2D eigenvalue weighted by molar-refractivity contribution is -0.138. The average molecular weight is 440 g/mol.